The van der Waals surface area contributed by atoms with Crippen LogP contribution in [0.1, 0.15) is 52.0 Å². The molecule has 1 aliphatic heterocycles. The summed E-state index contributed by atoms with van der Waals surface area (Å²) in [6, 6.07) is 5.48. The molecular formula is C19H27NO5S. The van der Waals surface area contributed by atoms with E-state index in [2.05, 4.69) is 0 Å². The predicted octanol–water partition coefficient (Wildman–Crippen LogP) is 2.84. The molecular weight excluding hydrogens is 354 g/mol. The Morgan fingerprint density at radius 1 is 1.19 bits per heavy atom. The number of hydrogen-bond acceptors (Lipinski definition) is 5. The van der Waals surface area contributed by atoms with Gasteiger partial charge in [0.2, 0.25) is 10.0 Å². The first-order chi connectivity index (χ1) is 12.0. The van der Waals surface area contributed by atoms with Crippen molar-refractivity contribution in [2.24, 2.45) is 0 Å². The van der Waals surface area contributed by atoms with Crippen molar-refractivity contribution in [1.29, 1.82) is 0 Å². The summed E-state index contributed by atoms with van der Waals surface area (Å²) in [5.41, 5.74) is 0.257. The van der Waals surface area contributed by atoms with E-state index in [1.807, 2.05) is 6.92 Å². The van der Waals surface area contributed by atoms with Crippen LogP contribution in [-0.4, -0.2) is 42.7 Å². The summed E-state index contributed by atoms with van der Waals surface area (Å²) in [5.74, 6) is -0.800. The Bertz CT molecular complexity index is 762. The quantitative estimate of drug-likeness (QED) is 0.749. The lowest BCUT2D eigenvalue weighted by atomic mass is 10.1. The van der Waals surface area contributed by atoms with Gasteiger partial charge in [-0.1, -0.05) is 17.7 Å². The number of hydrogen-bond donors (Lipinski definition) is 0. The molecule has 0 spiro atoms. The maximum absolute atomic E-state index is 13.1. The second-order valence-corrected chi connectivity index (χ2v) is 9.55. The summed E-state index contributed by atoms with van der Waals surface area (Å²) in [5, 5.41) is 0. The van der Waals surface area contributed by atoms with Gasteiger partial charge in [-0.05, 0) is 52.7 Å². The number of benzene rings is 1. The van der Waals surface area contributed by atoms with E-state index in [1.54, 1.807) is 32.9 Å². The van der Waals surface area contributed by atoms with E-state index in [1.165, 1.54) is 16.4 Å². The van der Waals surface area contributed by atoms with Crippen molar-refractivity contribution >= 4 is 21.8 Å². The van der Waals surface area contributed by atoms with Gasteiger partial charge in [-0.25, -0.2) is 8.42 Å². The number of nitrogens with zero attached hydrogens (tertiary/aromatic N) is 1. The molecule has 1 saturated heterocycles. The highest BCUT2D eigenvalue weighted by Gasteiger charge is 2.38. The van der Waals surface area contributed by atoms with Gasteiger partial charge in [0, 0.05) is 13.0 Å². The molecule has 2 rings (SSSR count). The number of esters is 1. The van der Waals surface area contributed by atoms with Crippen LogP contribution < -0.4 is 0 Å². The van der Waals surface area contributed by atoms with E-state index >= 15 is 0 Å². The molecule has 0 aromatic heterocycles. The molecule has 1 heterocycles. The molecule has 0 radical (unpaired) electrons. The minimum Gasteiger partial charge on any atom is -0.460 e. The molecule has 6 nitrogen and oxygen atoms in total. The van der Waals surface area contributed by atoms with Crippen LogP contribution in [0.5, 0.6) is 0 Å². The molecule has 1 aromatic rings. The fraction of sp³-hybridized carbons (Fsp3) is 0.579. The summed E-state index contributed by atoms with van der Waals surface area (Å²) in [7, 11) is -3.87. The molecule has 0 bridgehead atoms. The Morgan fingerprint density at radius 2 is 1.81 bits per heavy atom. The monoisotopic (exact) mass is 381 g/mol. The average Bonchev–Trinajstić information content (AvgIpc) is 2.69. The summed E-state index contributed by atoms with van der Waals surface area (Å²) < 4.78 is 32.7. The van der Waals surface area contributed by atoms with Gasteiger partial charge in [0.1, 0.15) is 5.60 Å². The van der Waals surface area contributed by atoms with Gasteiger partial charge in [0.05, 0.1) is 17.4 Å². The van der Waals surface area contributed by atoms with Crippen LogP contribution in [0.2, 0.25) is 0 Å². The highest BCUT2D eigenvalue weighted by Crippen LogP contribution is 2.26. The first kappa shape index (κ1) is 20.6. The van der Waals surface area contributed by atoms with Crippen LogP contribution in [-0.2, 0) is 24.3 Å². The number of Topliss-reactive ketones (excluding diaryl/α,β-unsaturated/α-hetero) is 1. The van der Waals surface area contributed by atoms with Crippen molar-refractivity contribution in [3.8, 4) is 0 Å². The van der Waals surface area contributed by atoms with E-state index in [9.17, 15) is 18.0 Å². The minimum atomic E-state index is -3.87. The smallest absolute Gasteiger partial charge is 0.308 e. The SMILES string of the molecule is Cc1ccc(S(=O)(=O)N2CCCCC(=O)C2CC(=O)OC(C)(C)C)cc1. The van der Waals surface area contributed by atoms with Crippen LogP contribution in [0.25, 0.3) is 0 Å². The normalized spacial score (nSPS) is 19.8. The first-order valence-corrected chi connectivity index (χ1v) is 10.3. The Kier molecular flexibility index (Phi) is 6.24. The van der Waals surface area contributed by atoms with Crippen molar-refractivity contribution < 1.29 is 22.7 Å². The van der Waals surface area contributed by atoms with Crippen LogP contribution in [0.4, 0.5) is 0 Å². The Hall–Kier alpha value is -1.73. The third-order valence-electron chi connectivity index (χ3n) is 4.18. The predicted molar refractivity (Wildman–Crippen MR) is 98.2 cm³/mol. The zero-order valence-corrected chi connectivity index (χ0v) is 16.6. The van der Waals surface area contributed by atoms with Gasteiger partial charge in [-0.15, -0.1) is 0 Å². The number of aryl methyl sites for hydroxylation is 1. The lowest BCUT2D eigenvalue weighted by Gasteiger charge is -2.29. The van der Waals surface area contributed by atoms with Crippen LogP contribution >= 0.6 is 0 Å². The number of ketones is 1. The number of ether oxygens (including phenoxy) is 1. The van der Waals surface area contributed by atoms with Crippen molar-refractivity contribution in [1.82, 2.24) is 4.31 Å². The Balaban J connectivity index is 2.33. The zero-order chi connectivity index (χ0) is 19.5. The molecule has 1 unspecified atom stereocenters. The van der Waals surface area contributed by atoms with E-state index in [0.717, 1.165) is 5.56 Å². The maximum Gasteiger partial charge on any atom is 0.308 e. The number of carbonyl (C=O) groups excluding carboxylic acids is 2. The average molecular weight is 381 g/mol. The fourth-order valence-electron chi connectivity index (χ4n) is 2.94. The zero-order valence-electron chi connectivity index (χ0n) is 15.8. The molecule has 0 amide bonds. The maximum atomic E-state index is 13.1. The lowest BCUT2D eigenvalue weighted by Crippen LogP contribution is -2.46. The Morgan fingerprint density at radius 3 is 2.38 bits per heavy atom. The van der Waals surface area contributed by atoms with E-state index in [4.69, 9.17) is 4.74 Å². The summed E-state index contributed by atoms with van der Waals surface area (Å²) >= 11 is 0. The highest BCUT2D eigenvalue weighted by molar-refractivity contribution is 7.89. The van der Waals surface area contributed by atoms with E-state index in [-0.39, 0.29) is 30.1 Å². The van der Waals surface area contributed by atoms with E-state index < -0.39 is 27.6 Å². The number of sulfonamides is 1. The molecule has 1 atom stereocenters. The molecule has 1 aromatic carbocycles. The van der Waals surface area contributed by atoms with Gasteiger partial charge < -0.3 is 4.74 Å². The molecule has 0 saturated carbocycles. The molecule has 1 aliphatic rings. The third-order valence-corrected chi connectivity index (χ3v) is 6.10. The number of carbonyl (C=O) groups is 2. The minimum absolute atomic E-state index is 0.131. The standard InChI is InChI=1S/C19H27NO5S/c1-14-8-10-15(11-9-14)26(23,24)20-12-6-5-7-17(21)16(20)13-18(22)25-19(2,3)4/h8-11,16H,5-7,12-13H2,1-4H3. The van der Waals surface area contributed by atoms with Crippen LogP contribution in [0, 0.1) is 6.92 Å². The largest absolute Gasteiger partial charge is 0.460 e. The van der Waals surface area contributed by atoms with Gasteiger partial charge in [-0.2, -0.15) is 4.31 Å². The molecule has 26 heavy (non-hydrogen) atoms. The second-order valence-electron chi connectivity index (χ2n) is 7.66. The molecule has 144 valence electrons. The summed E-state index contributed by atoms with van der Waals surface area (Å²) in [6.07, 6.45) is 1.21. The molecule has 1 fully saturated rings. The number of rotatable bonds is 4. The van der Waals surface area contributed by atoms with Crippen molar-refractivity contribution in [3.63, 3.8) is 0 Å². The lowest BCUT2D eigenvalue weighted by molar-refractivity contribution is -0.156. The van der Waals surface area contributed by atoms with Crippen molar-refractivity contribution in [2.45, 2.75) is 69.9 Å². The van der Waals surface area contributed by atoms with Crippen LogP contribution in [0.3, 0.4) is 0 Å². The van der Waals surface area contributed by atoms with Crippen molar-refractivity contribution in [3.05, 3.63) is 29.8 Å². The van der Waals surface area contributed by atoms with E-state index in [0.29, 0.717) is 12.8 Å². The van der Waals surface area contributed by atoms with Gasteiger partial charge in [0.25, 0.3) is 0 Å². The fourth-order valence-corrected chi connectivity index (χ4v) is 4.59. The summed E-state index contributed by atoms with van der Waals surface area (Å²) in [4.78, 5) is 24.9. The topological polar surface area (TPSA) is 80.8 Å². The summed E-state index contributed by atoms with van der Waals surface area (Å²) in [6.45, 7) is 7.30. The van der Waals surface area contributed by atoms with Crippen LogP contribution in [0.15, 0.2) is 29.2 Å². The third kappa shape index (κ3) is 5.14. The van der Waals surface area contributed by atoms with Gasteiger partial charge in [0.15, 0.2) is 5.78 Å². The van der Waals surface area contributed by atoms with Gasteiger partial charge in [-0.3, -0.25) is 9.59 Å². The molecule has 7 heteroatoms. The first-order valence-electron chi connectivity index (χ1n) is 8.84. The second kappa shape index (κ2) is 7.88. The van der Waals surface area contributed by atoms with Crippen molar-refractivity contribution in [2.75, 3.05) is 6.54 Å². The Labute approximate surface area is 155 Å². The van der Waals surface area contributed by atoms with Gasteiger partial charge >= 0.3 is 5.97 Å². The molecule has 0 N–H and O–H groups in total. The highest BCUT2D eigenvalue weighted by atomic mass is 32.2. The molecule has 0 aliphatic carbocycles.